The molecule has 0 atom stereocenters. The maximum atomic E-state index is 12.7. The highest BCUT2D eigenvalue weighted by atomic mass is 16.5. The topological polar surface area (TPSA) is 82.1 Å². The van der Waals surface area contributed by atoms with Crippen LogP contribution >= 0.6 is 0 Å². The van der Waals surface area contributed by atoms with Crippen LogP contribution in [0.4, 0.5) is 0 Å². The van der Waals surface area contributed by atoms with E-state index in [9.17, 15) is 9.59 Å². The number of Topliss-reactive ketones (excluding diaryl/α,β-unsaturated/α-hetero) is 1. The Morgan fingerprint density at radius 2 is 1.90 bits per heavy atom. The first-order chi connectivity index (χ1) is 13.9. The number of carbonyl (C=O) groups excluding carboxylic acids is 1. The van der Waals surface area contributed by atoms with Gasteiger partial charge in [-0.15, -0.1) is 0 Å². The van der Waals surface area contributed by atoms with E-state index in [0.717, 1.165) is 16.7 Å². The number of hydrogen-bond donors (Lipinski definition) is 1. The summed E-state index contributed by atoms with van der Waals surface area (Å²) in [5, 5.41) is 8.80. The maximum Gasteiger partial charge on any atom is 0.341 e. The number of ether oxygens (including phenoxy) is 3. The van der Waals surface area contributed by atoms with Crippen LogP contribution in [-0.2, 0) is 4.79 Å². The summed E-state index contributed by atoms with van der Waals surface area (Å²) in [6.07, 6.45) is 4.12. The molecule has 2 aromatic rings. The second-order valence-electron chi connectivity index (χ2n) is 7.52. The number of ketones is 1. The summed E-state index contributed by atoms with van der Waals surface area (Å²) in [5.74, 6) is 1.44. The molecule has 0 amide bonds. The van der Waals surface area contributed by atoms with Crippen LogP contribution in [0.3, 0.4) is 0 Å². The molecule has 4 rings (SSSR count). The van der Waals surface area contributed by atoms with Gasteiger partial charge in [0, 0.05) is 6.07 Å². The Morgan fingerprint density at radius 3 is 2.55 bits per heavy atom. The van der Waals surface area contributed by atoms with Crippen molar-refractivity contribution in [1.29, 1.82) is 0 Å². The van der Waals surface area contributed by atoms with Crippen molar-refractivity contribution in [2.45, 2.75) is 26.7 Å². The number of carbonyl (C=O) groups is 2. The van der Waals surface area contributed by atoms with Gasteiger partial charge in [0.15, 0.2) is 12.4 Å². The van der Waals surface area contributed by atoms with E-state index in [-0.39, 0.29) is 11.5 Å². The predicted octanol–water partition coefficient (Wildman–Crippen LogP) is 4.17. The molecule has 29 heavy (non-hydrogen) atoms. The molecule has 1 fully saturated rings. The molecule has 1 N–H and O–H groups in total. The fourth-order valence-corrected chi connectivity index (χ4v) is 3.34. The number of carboxylic acid groups (broad SMARTS) is 1. The number of rotatable bonds is 7. The molecule has 6 heteroatoms. The Labute approximate surface area is 168 Å². The van der Waals surface area contributed by atoms with Gasteiger partial charge in [-0.3, -0.25) is 4.79 Å². The molecule has 1 aliphatic carbocycles. The van der Waals surface area contributed by atoms with E-state index in [1.165, 1.54) is 12.8 Å². The summed E-state index contributed by atoms with van der Waals surface area (Å²) >= 11 is 0. The van der Waals surface area contributed by atoms with Crippen LogP contribution in [0.25, 0.3) is 6.08 Å². The van der Waals surface area contributed by atoms with Crippen LogP contribution in [0.15, 0.2) is 36.1 Å². The van der Waals surface area contributed by atoms with E-state index >= 15 is 0 Å². The summed E-state index contributed by atoms with van der Waals surface area (Å²) in [6, 6.07) is 8.96. The van der Waals surface area contributed by atoms with Gasteiger partial charge in [0.25, 0.3) is 0 Å². The number of fused-ring (bicyclic) bond motifs is 1. The van der Waals surface area contributed by atoms with Crippen molar-refractivity contribution in [3.05, 3.63) is 58.3 Å². The first-order valence-corrected chi connectivity index (χ1v) is 9.57. The molecule has 0 radical (unpaired) electrons. The molecule has 0 aromatic heterocycles. The summed E-state index contributed by atoms with van der Waals surface area (Å²) in [4.78, 5) is 23.4. The fraction of sp³-hybridized carbons (Fsp3) is 0.304. The fourth-order valence-electron chi connectivity index (χ4n) is 3.34. The van der Waals surface area contributed by atoms with Gasteiger partial charge in [0.1, 0.15) is 17.2 Å². The molecule has 150 valence electrons. The van der Waals surface area contributed by atoms with Crippen LogP contribution < -0.4 is 14.2 Å². The van der Waals surface area contributed by atoms with E-state index in [1.807, 2.05) is 26.0 Å². The van der Waals surface area contributed by atoms with Gasteiger partial charge in [-0.1, -0.05) is 0 Å². The SMILES string of the molecule is Cc1cc(C=C2Oc3cc(OCC4CC4)ccc3C2=O)cc(C)c1OCC(=O)O. The van der Waals surface area contributed by atoms with Crippen LogP contribution in [-0.4, -0.2) is 30.1 Å². The Morgan fingerprint density at radius 1 is 1.17 bits per heavy atom. The van der Waals surface area contributed by atoms with Gasteiger partial charge in [-0.05, 0) is 79.6 Å². The van der Waals surface area contributed by atoms with Crippen LogP contribution in [0, 0.1) is 19.8 Å². The molecule has 0 spiro atoms. The lowest BCUT2D eigenvalue weighted by Gasteiger charge is -2.11. The molecular weight excluding hydrogens is 372 g/mol. The minimum Gasteiger partial charge on any atom is -0.493 e. The van der Waals surface area contributed by atoms with Gasteiger partial charge in [-0.25, -0.2) is 4.79 Å². The molecule has 2 aliphatic rings. The largest absolute Gasteiger partial charge is 0.493 e. The van der Waals surface area contributed by atoms with Crippen molar-refractivity contribution >= 4 is 17.8 Å². The summed E-state index contributed by atoms with van der Waals surface area (Å²) in [7, 11) is 0. The third kappa shape index (κ3) is 4.26. The lowest BCUT2D eigenvalue weighted by molar-refractivity contribution is -0.139. The summed E-state index contributed by atoms with van der Waals surface area (Å²) in [5.41, 5.74) is 2.88. The van der Waals surface area contributed by atoms with Crippen LogP contribution in [0.1, 0.15) is 39.9 Å². The third-order valence-corrected chi connectivity index (χ3v) is 4.94. The van der Waals surface area contributed by atoms with E-state index in [2.05, 4.69) is 0 Å². The highest BCUT2D eigenvalue weighted by molar-refractivity contribution is 6.14. The van der Waals surface area contributed by atoms with Crippen molar-refractivity contribution in [1.82, 2.24) is 0 Å². The molecule has 0 saturated heterocycles. The Kier molecular flexibility index (Phi) is 5.01. The van der Waals surface area contributed by atoms with Gasteiger partial charge in [0.05, 0.1) is 12.2 Å². The minimum absolute atomic E-state index is 0.171. The smallest absolute Gasteiger partial charge is 0.341 e. The molecule has 0 unspecified atom stereocenters. The summed E-state index contributed by atoms with van der Waals surface area (Å²) in [6.45, 7) is 3.97. The van der Waals surface area contributed by atoms with Gasteiger partial charge < -0.3 is 19.3 Å². The molecule has 6 nitrogen and oxygen atoms in total. The van der Waals surface area contributed by atoms with E-state index in [1.54, 1.807) is 24.3 Å². The number of benzene rings is 2. The van der Waals surface area contributed by atoms with Gasteiger partial charge >= 0.3 is 5.97 Å². The number of aryl methyl sites for hydroxylation is 2. The molecule has 1 saturated carbocycles. The highest BCUT2D eigenvalue weighted by Crippen LogP contribution is 2.36. The molecule has 0 bridgehead atoms. The average molecular weight is 394 g/mol. The van der Waals surface area contributed by atoms with E-state index < -0.39 is 12.6 Å². The lowest BCUT2D eigenvalue weighted by Crippen LogP contribution is -2.11. The van der Waals surface area contributed by atoms with Gasteiger partial charge in [-0.2, -0.15) is 0 Å². The van der Waals surface area contributed by atoms with Crippen molar-refractivity contribution in [3.63, 3.8) is 0 Å². The van der Waals surface area contributed by atoms with Crippen molar-refractivity contribution in [3.8, 4) is 17.2 Å². The third-order valence-electron chi connectivity index (χ3n) is 4.94. The molecule has 1 heterocycles. The number of allylic oxidation sites excluding steroid dienone is 1. The first kappa shape index (κ1) is 19.1. The van der Waals surface area contributed by atoms with Gasteiger partial charge in [0.2, 0.25) is 5.78 Å². The average Bonchev–Trinajstić information content (AvgIpc) is 3.44. The monoisotopic (exact) mass is 394 g/mol. The molecular formula is C23H22O6. The number of carboxylic acids is 1. The quantitative estimate of drug-likeness (QED) is 0.710. The zero-order valence-corrected chi connectivity index (χ0v) is 16.4. The van der Waals surface area contributed by atoms with E-state index in [0.29, 0.717) is 35.3 Å². The second-order valence-corrected chi connectivity index (χ2v) is 7.52. The standard InChI is InChI=1S/C23H22O6/c1-13-7-16(8-14(2)23(13)28-12-21(24)25)9-20-22(26)18-6-5-17(10-19(18)29-20)27-11-15-3-4-15/h5-10,15H,3-4,11-12H2,1-2H3,(H,24,25). The lowest BCUT2D eigenvalue weighted by atomic mass is 10.0. The first-order valence-electron chi connectivity index (χ1n) is 9.57. The Balaban J connectivity index is 1.53. The zero-order chi connectivity index (χ0) is 20.5. The number of hydrogen-bond acceptors (Lipinski definition) is 5. The van der Waals surface area contributed by atoms with Crippen molar-refractivity contribution in [2.24, 2.45) is 5.92 Å². The van der Waals surface area contributed by atoms with Crippen molar-refractivity contribution < 1.29 is 28.9 Å². The summed E-state index contributed by atoms with van der Waals surface area (Å²) < 4.78 is 16.9. The normalized spacial score (nSPS) is 16.5. The molecule has 1 aliphatic heterocycles. The highest BCUT2D eigenvalue weighted by Gasteiger charge is 2.28. The maximum absolute atomic E-state index is 12.7. The van der Waals surface area contributed by atoms with Crippen LogP contribution in [0.5, 0.6) is 17.2 Å². The van der Waals surface area contributed by atoms with Crippen LogP contribution in [0.2, 0.25) is 0 Å². The zero-order valence-electron chi connectivity index (χ0n) is 16.4. The predicted molar refractivity (Wildman–Crippen MR) is 107 cm³/mol. The Bertz CT molecular complexity index is 993. The molecule has 2 aromatic carbocycles. The van der Waals surface area contributed by atoms with E-state index in [4.69, 9.17) is 19.3 Å². The Hall–Kier alpha value is -3.28. The number of aliphatic carboxylic acids is 1. The van der Waals surface area contributed by atoms with Crippen molar-refractivity contribution in [2.75, 3.05) is 13.2 Å². The minimum atomic E-state index is -1.03. The second kappa shape index (κ2) is 7.62.